The molecular formula is C17H16BrNO4. The maximum absolute atomic E-state index is 11.9. The number of carbonyl (C=O) groups is 1. The number of aromatic nitrogens is 1. The second-order valence-electron chi connectivity index (χ2n) is 4.50. The molecule has 0 fully saturated rings. The van der Waals surface area contributed by atoms with Crippen molar-refractivity contribution in [2.24, 2.45) is 0 Å². The van der Waals surface area contributed by atoms with Gasteiger partial charge in [0.2, 0.25) is 5.88 Å². The molecule has 2 rings (SSSR count). The zero-order valence-electron chi connectivity index (χ0n) is 12.8. The molecule has 6 heteroatoms. The number of rotatable bonds is 6. The van der Waals surface area contributed by atoms with E-state index in [0.717, 1.165) is 5.56 Å². The van der Waals surface area contributed by atoms with Gasteiger partial charge in [0.05, 0.1) is 20.5 Å². The molecule has 0 atom stereocenters. The van der Waals surface area contributed by atoms with Gasteiger partial charge in [-0.3, -0.25) is 0 Å². The number of esters is 1. The second kappa shape index (κ2) is 8.33. The fraction of sp³-hybridized carbons (Fsp3) is 0.176. The van der Waals surface area contributed by atoms with Crippen LogP contribution < -0.4 is 4.74 Å². The van der Waals surface area contributed by atoms with Gasteiger partial charge in [-0.1, -0.05) is 30.3 Å². The third-order valence-electron chi connectivity index (χ3n) is 3.01. The number of hydrogen-bond donors (Lipinski definition) is 0. The summed E-state index contributed by atoms with van der Waals surface area (Å²) < 4.78 is 16.2. The molecule has 0 spiro atoms. The molecule has 120 valence electrons. The lowest BCUT2D eigenvalue weighted by Crippen LogP contribution is -2.08. The summed E-state index contributed by atoms with van der Waals surface area (Å²) in [5, 5.41) is 0. The van der Waals surface area contributed by atoms with Crippen LogP contribution in [0.2, 0.25) is 0 Å². The van der Waals surface area contributed by atoms with Crippen LogP contribution in [0.15, 0.2) is 53.3 Å². The monoisotopic (exact) mass is 377 g/mol. The number of ether oxygens (including phenoxy) is 3. The van der Waals surface area contributed by atoms with Crippen LogP contribution in [0.3, 0.4) is 0 Å². The fourth-order valence-corrected chi connectivity index (χ4v) is 2.31. The highest BCUT2D eigenvalue weighted by Gasteiger charge is 2.16. The summed E-state index contributed by atoms with van der Waals surface area (Å²) in [5.74, 6) is 0.0180. The van der Waals surface area contributed by atoms with Gasteiger partial charge < -0.3 is 14.2 Å². The summed E-state index contributed by atoms with van der Waals surface area (Å²) in [6.07, 6.45) is 1.36. The summed E-state index contributed by atoms with van der Waals surface area (Å²) in [7, 11) is 2.81. The van der Waals surface area contributed by atoms with Gasteiger partial charge in [0.15, 0.2) is 0 Å². The Labute approximate surface area is 143 Å². The van der Waals surface area contributed by atoms with Crippen molar-refractivity contribution in [2.45, 2.75) is 6.61 Å². The van der Waals surface area contributed by atoms with Gasteiger partial charge in [-0.25, -0.2) is 9.78 Å². The molecule has 2 aromatic rings. The Balaban J connectivity index is 2.26. The molecule has 0 amide bonds. The average molecular weight is 378 g/mol. The average Bonchev–Trinajstić information content (AvgIpc) is 2.58. The lowest BCUT2D eigenvalue weighted by Gasteiger charge is -2.12. The number of hydrogen-bond acceptors (Lipinski definition) is 5. The number of halogens is 1. The molecule has 23 heavy (non-hydrogen) atoms. The van der Waals surface area contributed by atoms with E-state index in [1.165, 1.54) is 20.5 Å². The summed E-state index contributed by atoms with van der Waals surface area (Å²) in [5.41, 5.74) is 1.84. The Morgan fingerprint density at radius 3 is 2.65 bits per heavy atom. The smallest absolute Gasteiger partial charge is 0.341 e. The molecule has 5 nitrogen and oxygen atoms in total. The first kappa shape index (κ1) is 17.0. The lowest BCUT2D eigenvalue weighted by atomic mass is 10.0. The molecular weight excluding hydrogens is 362 g/mol. The number of benzene rings is 1. The Morgan fingerprint density at radius 2 is 1.96 bits per heavy atom. The molecule has 1 aromatic heterocycles. The number of nitrogens with zero attached hydrogens (tertiary/aromatic N) is 1. The summed E-state index contributed by atoms with van der Waals surface area (Å²) >= 11 is 3.30. The minimum atomic E-state index is -0.472. The van der Waals surface area contributed by atoms with E-state index in [4.69, 9.17) is 14.2 Å². The predicted octanol–water partition coefficient (Wildman–Crippen LogP) is 3.58. The van der Waals surface area contributed by atoms with Gasteiger partial charge in [0.25, 0.3) is 0 Å². The summed E-state index contributed by atoms with van der Waals surface area (Å²) in [6, 6.07) is 12.8. The van der Waals surface area contributed by atoms with Crippen molar-refractivity contribution >= 4 is 27.5 Å². The third kappa shape index (κ3) is 4.56. The summed E-state index contributed by atoms with van der Waals surface area (Å²) in [4.78, 5) is 16.2. The molecule has 0 radical (unpaired) electrons. The predicted molar refractivity (Wildman–Crippen MR) is 89.7 cm³/mol. The van der Waals surface area contributed by atoms with Crippen LogP contribution in [-0.2, 0) is 20.9 Å². The normalized spacial score (nSPS) is 11.0. The van der Waals surface area contributed by atoms with E-state index in [-0.39, 0.29) is 6.61 Å². The van der Waals surface area contributed by atoms with E-state index in [2.05, 4.69) is 20.9 Å². The van der Waals surface area contributed by atoms with Gasteiger partial charge in [0.1, 0.15) is 16.8 Å². The van der Waals surface area contributed by atoms with Gasteiger partial charge in [-0.05, 0) is 33.1 Å². The maximum Gasteiger partial charge on any atom is 0.341 e. The fourth-order valence-electron chi connectivity index (χ4n) is 1.98. The molecule has 0 bridgehead atoms. The van der Waals surface area contributed by atoms with Gasteiger partial charge in [0, 0.05) is 6.07 Å². The van der Waals surface area contributed by atoms with Crippen LogP contribution in [0.4, 0.5) is 0 Å². The lowest BCUT2D eigenvalue weighted by molar-refractivity contribution is -0.133. The van der Waals surface area contributed by atoms with Crippen molar-refractivity contribution in [1.82, 2.24) is 4.98 Å². The minimum Gasteiger partial charge on any atom is -0.503 e. The standard InChI is InChI=1S/C17H16BrNO4/c1-21-11-14(17(20)22-2)13-7-4-3-6-12(13)10-23-16-9-5-8-15(18)19-16/h3-9,11H,10H2,1-2H3. The molecule has 0 saturated heterocycles. The van der Waals surface area contributed by atoms with Gasteiger partial charge in [-0.15, -0.1) is 0 Å². The number of methoxy groups -OCH3 is 2. The highest BCUT2D eigenvalue weighted by Crippen LogP contribution is 2.22. The highest BCUT2D eigenvalue weighted by molar-refractivity contribution is 9.10. The maximum atomic E-state index is 11.9. The van der Waals surface area contributed by atoms with E-state index in [9.17, 15) is 4.79 Å². The molecule has 1 aromatic carbocycles. The molecule has 0 unspecified atom stereocenters. The number of carbonyl (C=O) groups excluding carboxylic acids is 1. The first-order chi connectivity index (χ1) is 11.2. The van der Waals surface area contributed by atoms with Crippen LogP contribution in [-0.4, -0.2) is 25.2 Å². The van der Waals surface area contributed by atoms with E-state index in [1.807, 2.05) is 36.4 Å². The van der Waals surface area contributed by atoms with Crippen molar-refractivity contribution < 1.29 is 19.0 Å². The van der Waals surface area contributed by atoms with E-state index in [1.54, 1.807) is 6.07 Å². The van der Waals surface area contributed by atoms with Crippen molar-refractivity contribution in [2.75, 3.05) is 14.2 Å². The quantitative estimate of drug-likeness (QED) is 0.333. The zero-order valence-corrected chi connectivity index (χ0v) is 14.4. The van der Waals surface area contributed by atoms with E-state index < -0.39 is 5.97 Å². The Morgan fingerprint density at radius 1 is 1.17 bits per heavy atom. The SMILES string of the molecule is COC=C(C(=O)OC)c1ccccc1COc1cccc(Br)n1. The van der Waals surface area contributed by atoms with Gasteiger partial charge >= 0.3 is 5.97 Å². The van der Waals surface area contributed by atoms with Crippen molar-refractivity contribution in [3.8, 4) is 5.88 Å². The minimum absolute atomic E-state index is 0.262. The van der Waals surface area contributed by atoms with Crippen molar-refractivity contribution in [1.29, 1.82) is 0 Å². The summed E-state index contributed by atoms with van der Waals surface area (Å²) in [6.45, 7) is 0.262. The highest BCUT2D eigenvalue weighted by atomic mass is 79.9. The molecule has 0 aliphatic carbocycles. The van der Waals surface area contributed by atoms with Crippen LogP contribution >= 0.6 is 15.9 Å². The Bertz CT molecular complexity index is 715. The zero-order chi connectivity index (χ0) is 16.7. The molecule has 1 heterocycles. The molecule has 0 saturated carbocycles. The van der Waals surface area contributed by atoms with Crippen LogP contribution in [0.1, 0.15) is 11.1 Å². The van der Waals surface area contributed by atoms with Crippen LogP contribution in [0.25, 0.3) is 5.57 Å². The molecule has 0 aliphatic rings. The van der Waals surface area contributed by atoms with E-state index in [0.29, 0.717) is 21.6 Å². The van der Waals surface area contributed by atoms with Crippen molar-refractivity contribution in [3.63, 3.8) is 0 Å². The van der Waals surface area contributed by atoms with Gasteiger partial charge in [-0.2, -0.15) is 0 Å². The number of pyridine rings is 1. The third-order valence-corrected chi connectivity index (χ3v) is 3.46. The first-order valence-corrected chi connectivity index (χ1v) is 7.60. The molecule has 0 N–H and O–H groups in total. The topological polar surface area (TPSA) is 57.7 Å². The Kier molecular flexibility index (Phi) is 6.17. The second-order valence-corrected chi connectivity index (χ2v) is 5.32. The van der Waals surface area contributed by atoms with Crippen LogP contribution in [0.5, 0.6) is 5.88 Å². The van der Waals surface area contributed by atoms with Crippen molar-refractivity contribution in [3.05, 3.63) is 64.5 Å². The first-order valence-electron chi connectivity index (χ1n) is 6.80. The van der Waals surface area contributed by atoms with E-state index >= 15 is 0 Å². The Hall–Kier alpha value is -2.34. The largest absolute Gasteiger partial charge is 0.503 e. The van der Waals surface area contributed by atoms with Crippen LogP contribution in [0, 0.1) is 0 Å². The molecule has 0 aliphatic heterocycles.